The number of carbonyl (C=O) groups excluding carboxylic acids is 2. The molecule has 1 fully saturated rings. The Morgan fingerprint density at radius 3 is 2.57 bits per heavy atom. The number of aliphatic hydroxyl groups is 1. The van der Waals surface area contributed by atoms with Crippen LogP contribution in [0.25, 0.3) is 0 Å². The minimum absolute atomic E-state index is 0.0280. The van der Waals surface area contributed by atoms with Crippen LogP contribution < -0.4 is 0 Å². The first-order valence-corrected chi connectivity index (χ1v) is 4.67. The first-order valence-electron chi connectivity index (χ1n) is 4.67. The SMILES string of the molecule is CC(O)CN1C(=O)C(=O)N(C)CC1C. The fourth-order valence-corrected chi connectivity index (χ4v) is 1.61. The minimum Gasteiger partial charge on any atom is -0.392 e. The van der Waals surface area contributed by atoms with E-state index in [0.717, 1.165) is 0 Å². The van der Waals surface area contributed by atoms with Gasteiger partial charge in [0.1, 0.15) is 0 Å². The zero-order chi connectivity index (χ0) is 10.9. The second kappa shape index (κ2) is 3.96. The van der Waals surface area contributed by atoms with Crippen molar-refractivity contribution < 1.29 is 14.7 Å². The quantitative estimate of drug-likeness (QED) is 0.585. The Morgan fingerprint density at radius 1 is 1.50 bits per heavy atom. The van der Waals surface area contributed by atoms with E-state index in [0.29, 0.717) is 6.54 Å². The predicted octanol–water partition coefficient (Wildman–Crippen LogP) is -0.944. The summed E-state index contributed by atoms with van der Waals surface area (Å²) in [5.41, 5.74) is 0. The molecule has 1 N–H and O–H groups in total. The van der Waals surface area contributed by atoms with Crippen molar-refractivity contribution in [3.63, 3.8) is 0 Å². The largest absolute Gasteiger partial charge is 0.392 e. The van der Waals surface area contributed by atoms with E-state index in [-0.39, 0.29) is 12.6 Å². The van der Waals surface area contributed by atoms with Gasteiger partial charge in [-0.15, -0.1) is 0 Å². The lowest BCUT2D eigenvalue weighted by molar-refractivity contribution is -0.158. The molecule has 1 heterocycles. The van der Waals surface area contributed by atoms with E-state index in [4.69, 9.17) is 0 Å². The number of β-amino-alcohol motifs (C(OH)–C–C–N with tert-alkyl or cyclic N) is 1. The van der Waals surface area contributed by atoms with Gasteiger partial charge in [-0.05, 0) is 13.8 Å². The predicted molar refractivity (Wildman–Crippen MR) is 50.5 cm³/mol. The van der Waals surface area contributed by atoms with Gasteiger partial charge < -0.3 is 14.9 Å². The van der Waals surface area contributed by atoms with Crippen LogP contribution in [0.2, 0.25) is 0 Å². The number of nitrogens with zero attached hydrogens (tertiary/aromatic N) is 2. The van der Waals surface area contributed by atoms with Gasteiger partial charge in [0.2, 0.25) is 0 Å². The number of likely N-dealkylation sites (N-methyl/N-ethyl adjacent to an activating group) is 1. The lowest BCUT2D eigenvalue weighted by Crippen LogP contribution is -2.58. The smallest absolute Gasteiger partial charge is 0.312 e. The highest BCUT2D eigenvalue weighted by Crippen LogP contribution is 2.10. The molecule has 0 saturated carbocycles. The maximum Gasteiger partial charge on any atom is 0.312 e. The molecule has 0 radical (unpaired) electrons. The molecular formula is C9H16N2O3. The molecule has 1 saturated heterocycles. The molecule has 0 aromatic carbocycles. The third kappa shape index (κ3) is 2.04. The average Bonchev–Trinajstić information content (AvgIpc) is 2.09. The van der Waals surface area contributed by atoms with Crippen molar-refractivity contribution in [3.05, 3.63) is 0 Å². The van der Waals surface area contributed by atoms with Gasteiger partial charge in [0.15, 0.2) is 0 Å². The molecule has 5 heteroatoms. The second-order valence-electron chi connectivity index (χ2n) is 3.84. The molecule has 0 aromatic rings. The summed E-state index contributed by atoms with van der Waals surface area (Å²) < 4.78 is 0. The number of rotatable bonds is 2. The number of hydrogen-bond donors (Lipinski definition) is 1. The molecule has 0 bridgehead atoms. The van der Waals surface area contributed by atoms with Crippen LogP contribution in [-0.4, -0.2) is 59.0 Å². The molecule has 0 aliphatic carbocycles. The Hall–Kier alpha value is -1.10. The van der Waals surface area contributed by atoms with Gasteiger partial charge >= 0.3 is 11.8 Å². The maximum absolute atomic E-state index is 11.5. The summed E-state index contributed by atoms with van der Waals surface area (Å²) in [4.78, 5) is 25.7. The molecule has 1 aliphatic heterocycles. The highest BCUT2D eigenvalue weighted by Gasteiger charge is 2.35. The van der Waals surface area contributed by atoms with Gasteiger partial charge in [-0.3, -0.25) is 9.59 Å². The van der Waals surface area contributed by atoms with Gasteiger partial charge in [0.05, 0.1) is 6.10 Å². The monoisotopic (exact) mass is 200 g/mol. The van der Waals surface area contributed by atoms with E-state index in [1.807, 2.05) is 6.92 Å². The summed E-state index contributed by atoms with van der Waals surface area (Å²) in [6, 6.07) is -0.0280. The standard InChI is InChI=1S/C9H16N2O3/c1-6-4-10(3)8(13)9(14)11(6)5-7(2)12/h6-7,12H,4-5H2,1-3H3. The summed E-state index contributed by atoms with van der Waals surface area (Å²) in [6.45, 7) is 4.21. The zero-order valence-corrected chi connectivity index (χ0v) is 8.73. The van der Waals surface area contributed by atoms with E-state index >= 15 is 0 Å². The van der Waals surface area contributed by atoms with E-state index in [2.05, 4.69) is 0 Å². The van der Waals surface area contributed by atoms with Crippen LogP contribution in [0.5, 0.6) is 0 Å². The molecule has 1 aliphatic rings. The van der Waals surface area contributed by atoms with Gasteiger partial charge in [-0.1, -0.05) is 0 Å². The molecule has 5 nitrogen and oxygen atoms in total. The first kappa shape index (κ1) is 11.0. The van der Waals surface area contributed by atoms with Crippen LogP contribution in [0.1, 0.15) is 13.8 Å². The maximum atomic E-state index is 11.5. The van der Waals surface area contributed by atoms with Crippen molar-refractivity contribution in [2.45, 2.75) is 26.0 Å². The lowest BCUT2D eigenvalue weighted by atomic mass is 10.1. The summed E-state index contributed by atoms with van der Waals surface area (Å²) in [7, 11) is 1.61. The Bertz CT molecular complexity index is 252. The fraction of sp³-hybridized carbons (Fsp3) is 0.778. The topological polar surface area (TPSA) is 60.9 Å². The number of piperazine rings is 1. The minimum atomic E-state index is -0.599. The number of hydrogen-bond acceptors (Lipinski definition) is 3. The fourth-order valence-electron chi connectivity index (χ4n) is 1.61. The summed E-state index contributed by atoms with van der Waals surface area (Å²) in [5.74, 6) is -1.02. The average molecular weight is 200 g/mol. The zero-order valence-electron chi connectivity index (χ0n) is 8.73. The second-order valence-corrected chi connectivity index (χ2v) is 3.84. The van der Waals surface area contributed by atoms with E-state index in [1.165, 1.54) is 9.80 Å². The van der Waals surface area contributed by atoms with E-state index < -0.39 is 17.9 Å². The summed E-state index contributed by atoms with van der Waals surface area (Å²) in [5, 5.41) is 9.17. The van der Waals surface area contributed by atoms with Gasteiger partial charge in [0, 0.05) is 26.2 Å². The molecule has 1 rings (SSSR count). The van der Waals surface area contributed by atoms with Crippen molar-refractivity contribution in [1.29, 1.82) is 0 Å². The van der Waals surface area contributed by atoms with Gasteiger partial charge in [-0.25, -0.2) is 0 Å². The van der Waals surface area contributed by atoms with Crippen LogP contribution in [0.3, 0.4) is 0 Å². The molecule has 2 atom stereocenters. The molecule has 2 unspecified atom stereocenters. The number of aliphatic hydroxyl groups excluding tert-OH is 1. The van der Waals surface area contributed by atoms with Crippen molar-refractivity contribution in [2.75, 3.05) is 20.1 Å². The first-order chi connectivity index (χ1) is 6.43. The summed E-state index contributed by atoms with van der Waals surface area (Å²) in [6.07, 6.45) is -0.599. The molecule has 2 amide bonds. The van der Waals surface area contributed by atoms with Crippen LogP contribution in [0, 0.1) is 0 Å². The lowest BCUT2D eigenvalue weighted by Gasteiger charge is -2.37. The Morgan fingerprint density at radius 2 is 2.07 bits per heavy atom. The molecule has 0 spiro atoms. The number of amides is 2. The van der Waals surface area contributed by atoms with Crippen LogP contribution in [-0.2, 0) is 9.59 Å². The molecule has 80 valence electrons. The van der Waals surface area contributed by atoms with Gasteiger partial charge in [-0.2, -0.15) is 0 Å². The van der Waals surface area contributed by atoms with E-state index in [1.54, 1.807) is 14.0 Å². The highest BCUT2D eigenvalue weighted by atomic mass is 16.3. The van der Waals surface area contributed by atoms with Crippen molar-refractivity contribution in [1.82, 2.24) is 9.80 Å². The Labute approximate surface area is 83.3 Å². The highest BCUT2D eigenvalue weighted by molar-refractivity contribution is 6.35. The molecular weight excluding hydrogens is 184 g/mol. The third-order valence-electron chi connectivity index (χ3n) is 2.32. The third-order valence-corrected chi connectivity index (χ3v) is 2.32. The van der Waals surface area contributed by atoms with Crippen LogP contribution >= 0.6 is 0 Å². The van der Waals surface area contributed by atoms with E-state index in [9.17, 15) is 14.7 Å². The summed E-state index contributed by atoms with van der Waals surface area (Å²) >= 11 is 0. The van der Waals surface area contributed by atoms with Crippen molar-refractivity contribution in [2.24, 2.45) is 0 Å². The van der Waals surface area contributed by atoms with Crippen molar-refractivity contribution in [3.8, 4) is 0 Å². The Kier molecular flexibility index (Phi) is 3.10. The Balaban J connectivity index is 2.74. The van der Waals surface area contributed by atoms with Gasteiger partial charge in [0.25, 0.3) is 0 Å². The van der Waals surface area contributed by atoms with Crippen LogP contribution in [0.15, 0.2) is 0 Å². The van der Waals surface area contributed by atoms with Crippen molar-refractivity contribution >= 4 is 11.8 Å². The number of carbonyl (C=O) groups is 2. The normalized spacial score (nSPS) is 25.6. The van der Waals surface area contributed by atoms with Crippen LogP contribution in [0.4, 0.5) is 0 Å². The molecule has 14 heavy (non-hydrogen) atoms. The molecule has 0 aromatic heterocycles.